The summed E-state index contributed by atoms with van der Waals surface area (Å²) < 4.78 is 6.39. The molecule has 0 fully saturated rings. The molecule has 4 heteroatoms. The molecule has 0 aliphatic carbocycles. The molecule has 0 saturated carbocycles. The van der Waals surface area contributed by atoms with E-state index in [0.717, 1.165) is 0 Å². The molecule has 82 valence electrons. The fourth-order valence-electron chi connectivity index (χ4n) is 1.52. The van der Waals surface area contributed by atoms with Crippen molar-refractivity contribution in [3.63, 3.8) is 0 Å². The van der Waals surface area contributed by atoms with Crippen molar-refractivity contribution < 1.29 is 4.42 Å². The molecule has 0 amide bonds. The van der Waals surface area contributed by atoms with Gasteiger partial charge in [-0.2, -0.15) is 0 Å². The number of rotatable bonds is 1. The Bertz CT molecular complexity index is 682. The third kappa shape index (κ3) is 1.59. The molecular formula is C12H10ClNO2. The van der Waals surface area contributed by atoms with E-state index in [-0.39, 0.29) is 0 Å². The van der Waals surface area contributed by atoms with Crippen LogP contribution in [0, 0.1) is 0 Å². The molecule has 0 atom stereocenters. The zero-order chi connectivity index (χ0) is 11.7. The zero-order valence-corrected chi connectivity index (χ0v) is 9.49. The van der Waals surface area contributed by atoms with Gasteiger partial charge in [0.25, 0.3) is 0 Å². The average Bonchev–Trinajstić information content (AvgIpc) is 2.55. The summed E-state index contributed by atoms with van der Waals surface area (Å²) >= 11 is 6.02. The minimum Gasteiger partial charge on any atom is -0.408 e. The molecule has 0 radical (unpaired) electrons. The summed E-state index contributed by atoms with van der Waals surface area (Å²) in [5.74, 6) is -0.480. The largest absolute Gasteiger partial charge is 0.424 e. The standard InChI is InChI=1S/C12H10ClNO2/c1-3-11-8(2)14(12(15)16-11)10-7-5-4-6-9(10)13/h3-7H,2H2,1H3/b11-3-. The number of hydrogen-bond acceptors (Lipinski definition) is 2. The molecular weight excluding hydrogens is 226 g/mol. The molecule has 3 nitrogen and oxygen atoms in total. The second-order valence-electron chi connectivity index (χ2n) is 3.25. The molecule has 0 spiro atoms. The summed E-state index contributed by atoms with van der Waals surface area (Å²) in [5.41, 5.74) is 1.04. The van der Waals surface area contributed by atoms with Crippen LogP contribution < -0.4 is 16.5 Å². The normalized spacial score (nSPS) is 12.0. The lowest BCUT2D eigenvalue weighted by Crippen LogP contribution is -2.29. The first kappa shape index (κ1) is 10.8. The van der Waals surface area contributed by atoms with Crippen molar-refractivity contribution in [1.82, 2.24) is 4.57 Å². The molecule has 0 aliphatic heterocycles. The molecule has 1 heterocycles. The van der Waals surface area contributed by atoms with Crippen molar-refractivity contribution in [1.29, 1.82) is 0 Å². The van der Waals surface area contributed by atoms with E-state index < -0.39 is 5.76 Å². The predicted octanol–water partition coefficient (Wildman–Crippen LogP) is 1.29. The highest BCUT2D eigenvalue weighted by Crippen LogP contribution is 2.16. The minimum atomic E-state index is -0.480. The van der Waals surface area contributed by atoms with Crippen molar-refractivity contribution >= 4 is 24.3 Å². The van der Waals surface area contributed by atoms with E-state index in [1.54, 1.807) is 37.3 Å². The van der Waals surface area contributed by atoms with Crippen LogP contribution in [0.2, 0.25) is 5.02 Å². The molecule has 1 aromatic carbocycles. The average molecular weight is 236 g/mol. The Morgan fingerprint density at radius 3 is 2.69 bits per heavy atom. The summed E-state index contributed by atoms with van der Waals surface area (Å²) in [7, 11) is 0. The predicted molar refractivity (Wildman–Crippen MR) is 64.2 cm³/mol. The Kier molecular flexibility index (Phi) is 2.71. The van der Waals surface area contributed by atoms with Crippen LogP contribution in [0.5, 0.6) is 0 Å². The van der Waals surface area contributed by atoms with Gasteiger partial charge in [-0.05, 0) is 25.1 Å². The highest BCUT2D eigenvalue weighted by Gasteiger charge is 2.08. The van der Waals surface area contributed by atoms with E-state index in [9.17, 15) is 4.79 Å². The van der Waals surface area contributed by atoms with Crippen LogP contribution >= 0.6 is 11.6 Å². The van der Waals surface area contributed by atoms with Crippen molar-refractivity contribution in [2.45, 2.75) is 6.92 Å². The van der Waals surface area contributed by atoms with Gasteiger partial charge >= 0.3 is 5.76 Å². The first-order valence-electron chi connectivity index (χ1n) is 4.77. The van der Waals surface area contributed by atoms with Gasteiger partial charge in [-0.15, -0.1) is 0 Å². The van der Waals surface area contributed by atoms with E-state index in [4.69, 9.17) is 16.0 Å². The summed E-state index contributed by atoms with van der Waals surface area (Å²) in [6, 6.07) is 7.06. The van der Waals surface area contributed by atoms with Crippen LogP contribution in [0.25, 0.3) is 18.3 Å². The summed E-state index contributed by atoms with van der Waals surface area (Å²) in [4.78, 5) is 11.7. The van der Waals surface area contributed by atoms with Crippen LogP contribution in [0.15, 0.2) is 33.5 Å². The number of halogens is 1. The lowest BCUT2D eigenvalue weighted by Gasteiger charge is -2.01. The van der Waals surface area contributed by atoms with Crippen molar-refractivity contribution in [3.05, 3.63) is 50.6 Å². The molecule has 0 saturated heterocycles. The van der Waals surface area contributed by atoms with Crippen molar-refractivity contribution in [3.8, 4) is 5.69 Å². The third-order valence-corrected chi connectivity index (χ3v) is 2.61. The summed E-state index contributed by atoms with van der Waals surface area (Å²) in [6.07, 6.45) is 1.69. The molecule has 0 unspecified atom stereocenters. The number of hydrogen-bond donors (Lipinski definition) is 0. The van der Waals surface area contributed by atoms with Crippen LogP contribution in [0.3, 0.4) is 0 Å². The Morgan fingerprint density at radius 1 is 1.44 bits per heavy atom. The van der Waals surface area contributed by atoms with E-state index in [1.807, 2.05) is 0 Å². The third-order valence-electron chi connectivity index (χ3n) is 2.29. The number of aromatic nitrogens is 1. The van der Waals surface area contributed by atoms with Crippen LogP contribution in [-0.2, 0) is 0 Å². The van der Waals surface area contributed by atoms with Gasteiger partial charge in [0.2, 0.25) is 0 Å². The maximum absolute atomic E-state index is 11.7. The van der Waals surface area contributed by atoms with Gasteiger partial charge in [-0.3, -0.25) is 0 Å². The van der Waals surface area contributed by atoms with Gasteiger partial charge in [0.05, 0.1) is 16.1 Å². The lowest BCUT2D eigenvalue weighted by molar-refractivity contribution is 0.477. The summed E-state index contributed by atoms with van der Waals surface area (Å²) in [5, 5.41) is 0.985. The van der Waals surface area contributed by atoms with E-state index in [0.29, 0.717) is 21.5 Å². The van der Waals surface area contributed by atoms with Gasteiger partial charge in [-0.1, -0.05) is 30.3 Å². The molecule has 2 rings (SSSR count). The fourth-order valence-corrected chi connectivity index (χ4v) is 1.74. The van der Waals surface area contributed by atoms with E-state index in [1.165, 1.54) is 4.57 Å². The van der Waals surface area contributed by atoms with Crippen LogP contribution in [0.1, 0.15) is 6.92 Å². The summed E-state index contributed by atoms with van der Waals surface area (Å²) in [6.45, 7) is 5.59. The Morgan fingerprint density at radius 2 is 2.12 bits per heavy atom. The molecule has 0 N–H and O–H groups in total. The van der Waals surface area contributed by atoms with E-state index in [2.05, 4.69) is 6.58 Å². The second-order valence-corrected chi connectivity index (χ2v) is 3.66. The van der Waals surface area contributed by atoms with Crippen LogP contribution in [-0.4, -0.2) is 4.57 Å². The highest BCUT2D eigenvalue weighted by molar-refractivity contribution is 6.32. The maximum Gasteiger partial charge on any atom is 0.424 e. The smallest absolute Gasteiger partial charge is 0.408 e. The molecule has 0 bridgehead atoms. The number of oxazole rings is 1. The number of nitrogens with zero attached hydrogens (tertiary/aromatic N) is 1. The van der Waals surface area contributed by atoms with Gasteiger partial charge in [0.15, 0.2) is 5.42 Å². The van der Waals surface area contributed by atoms with E-state index >= 15 is 0 Å². The molecule has 0 aliphatic rings. The Balaban J connectivity index is 2.86. The number of benzene rings is 1. The number of para-hydroxylation sites is 1. The molecule has 1 aromatic heterocycles. The van der Waals surface area contributed by atoms with Crippen molar-refractivity contribution in [2.75, 3.05) is 0 Å². The topological polar surface area (TPSA) is 35.1 Å². The van der Waals surface area contributed by atoms with Gasteiger partial charge < -0.3 is 4.42 Å². The Hall–Kier alpha value is -1.74. The highest BCUT2D eigenvalue weighted by atomic mass is 35.5. The van der Waals surface area contributed by atoms with Crippen molar-refractivity contribution in [2.24, 2.45) is 0 Å². The van der Waals surface area contributed by atoms with Crippen LogP contribution in [0.4, 0.5) is 0 Å². The monoisotopic (exact) mass is 235 g/mol. The van der Waals surface area contributed by atoms with Gasteiger partial charge in [-0.25, -0.2) is 9.36 Å². The van der Waals surface area contributed by atoms with Gasteiger partial charge in [0, 0.05) is 0 Å². The lowest BCUT2D eigenvalue weighted by atomic mass is 10.3. The second kappa shape index (κ2) is 4.02. The fraction of sp³-hybridized carbons (Fsp3) is 0.0833. The molecule has 2 aromatic rings. The maximum atomic E-state index is 11.7. The Labute approximate surface area is 96.9 Å². The first-order valence-corrected chi connectivity index (χ1v) is 5.15. The minimum absolute atomic E-state index is 0.463. The first-order chi connectivity index (χ1) is 7.65. The van der Waals surface area contributed by atoms with Gasteiger partial charge in [0.1, 0.15) is 0 Å². The molecule has 16 heavy (non-hydrogen) atoms. The zero-order valence-electron chi connectivity index (χ0n) is 8.74. The quantitative estimate of drug-likeness (QED) is 0.747. The SMILES string of the molecule is C=c1/c(=C/C)oc(=O)n1-c1ccccc1Cl.